The second-order valence-electron chi connectivity index (χ2n) is 8.98. The highest BCUT2D eigenvalue weighted by atomic mass is 16.5. The molecule has 4 rings (SSSR count). The summed E-state index contributed by atoms with van der Waals surface area (Å²) in [7, 11) is 0. The highest BCUT2D eigenvalue weighted by Gasteiger charge is 2.30. The van der Waals surface area contributed by atoms with Crippen molar-refractivity contribution in [3.05, 3.63) is 65.7 Å². The molecular weight excluding hydrogens is 372 g/mol. The first-order chi connectivity index (χ1) is 14.7. The molecule has 0 bridgehead atoms. The van der Waals surface area contributed by atoms with Gasteiger partial charge in [-0.05, 0) is 68.0 Å². The van der Waals surface area contributed by atoms with Crippen LogP contribution in [-0.2, 0) is 17.9 Å². The van der Waals surface area contributed by atoms with Crippen LogP contribution < -0.4 is 4.74 Å². The molecular formula is C26H34N2O2. The van der Waals surface area contributed by atoms with Crippen molar-refractivity contribution in [1.29, 1.82) is 0 Å². The van der Waals surface area contributed by atoms with E-state index in [1.165, 1.54) is 11.1 Å². The van der Waals surface area contributed by atoms with Crippen LogP contribution in [0.5, 0.6) is 5.75 Å². The lowest BCUT2D eigenvalue weighted by Crippen LogP contribution is -2.45. The van der Waals surface area contributed by atoms with Crippen molar-refractivity contribution in [3.8, 4) is 5.75 Å². The van der Waals surface area contributed by atoms with Gasteiger partial charge in [-0.25, -0.2) is 0 Å². The van der Waals surface area contributed by atoms with Gasteiger partial charge in [0.2, 0.25) is 5.91 Å². The van der Waals surface area contributed by atoms with E-state index in [9.17, 15) is 4.79 Å². The van der Waals surface area contributed by atoms with E-state index >= 15 is 0 Å². The van der Waals surface area contributed by atoms with Gasteiger partial charge in [-0.3, -0.25) is 9.69 Å². The van der Waals surface area contributed by atoms with Gasteiger partial charge in [0.25, 0.3) is 0 Å². The Labute approximate surface area is 180 Å². The molecule has 1 amide bonds. The highest BCUT2D eigenvalue weighted by Crippen LogP contribution is 2.25. The van der Waals surface area contributed by atoms with Gasteiger partial charge in [0, 0.05) is 25.6 Å². The second kappa shape index (κ2) is 10.1. The molecule has 2 aromatic rings. The van der Waals surface area contributed by atoms with Crippen LogP contribution in [0.15, 0.2) is 54.6 Å². The summed E-state index contributed by atoms with van der Waals surface area (Å²) in [6.45, 7) is 7.76. The number of likely N-dealkylation sites (tertiary alicyclic amines) is 2. The summed E-state index contributed by atoms with van der Waals surface area (Å²) in [6.07, 6.45) is 4.30. The van der Waals surface area contributed by atoms with Gasteiger partial charge < -0.3 is 9.64 Å². The molecule has 160 valence electrons. The Morgan fingerprint density at radius 1 is 0.867 bits per heavy atom. The third-order valence-corrected chi connectivity index (χ3v) is 6.61. The van der Waals surface area contributed by atoms with Crippen LogP contribution in [-0.4, -0.2) is 41.9 Å². The zero-order chi connectivity index (χ0) is 20.8. The third-order valence-electron chi connectivity index (χ3n) is 6.61. The van der Waals surface area contributed by atoms with Gasteiger partial charge in [-0.2, -0.15) is 0 Å². The first-order valence-corrected chi connectivity index (χ1v) is 11.4. The number of nitrogens with zero attached hydrogens (tertiary/aromatic N) is 2. The molecule has 2 fully saturated rings. The maximum absolute atomic E-state index is 12.8. The number of piperidine rings is 2. The number of hydrogen-bond donors (Lipinski definition) is 0. The Morgan fingerprint density at radius 3 is 2.20 bits per heavy atom. The lowest BCUT2D eigenvalue weighted by molar-refractivity contribution is -0.138. The molecule has 0 aliphatic carbocycles. The zero-order valence-electron chi connectivity index (χ0n) is 18.1. The van der Waals surface area contributed by atoms with Crippen LogP contribution in [0.25, 0.3) is 0 Å². The standard InChI is InChI=1S/C26H34N2O2/c1-21-11-17-28(18-12-21)26(29)24-13-15-27(16-14-24)19-22-7-9-25(10-8-22)30-20-23-5-3-2-4-6-23/h2-10,21,24H,11-20H2,1H3. The number of carbonyl (C=O) groups is 1. The second-order valence-corrected chi connectivity index (χ2v) is 8.98. The molecule has 4 nitrogen and oxygen atoms in total. The summed E-state index contributed by atoms with van der Waals surface area (Å²) in [5.74, 6) is 2.30. The van der Waals surface area contributed by atoms with Crippen LogP contribution in [0, 0.1) is 11.8 Å². The van der Waals surface area contributed by atoms with Crippen molar-refractivity contribution in [3.63, 3.8) is 0 Å². The summed E-state index contributed by atoms with van der Waals surface area (Å²) in [4.78, 5) is 17.4. The van der Waals surface area contributed by atoms with E-state index < -0.39 is 0 Å². The number of amides is 1. The van der Waals surface area contributed by atoms with Crippen LogP contribution >= 0.6 is 0 Å². The Morgan fingerprint density at radius 2 is 1.53 bits per heavy atom. The Kier molecular flexibility index (Phi) is 7.06. The van der Waals surface area contributed by atoms with Crippen LogP contribution in [0.2, 0.25) is 0 Å². The molecule has 30 heavy (non-hydrogen) atoms. The average Bonchev–Trinajstić information content (AvgIpc) is 2.80. The minimum Gasteiger partial charge on any atom is -0.489 e. The van der Waals surface area contributed by atoms with E-state index in [2.05, 4.69) is 53.1 Å². The topological polar surface area (TPSA) is 32.8 Å². The fraction of sp³-hybridized carbons (Fsp3) is 0.500. The number of ether oxygens (including phenoxy) is 1. The minimum absolute atomic E-state index is 0.225. The maximum Gasteiger partial charge on any atom is 0.225 e. The van der Waals surface area contributed by atoms with Gasteiger partial charge in [0.15, 0.2) is 0 Å². The molecule has 2 saturated heterocycles. The Hall–Kier alpha value is -2.33. The van der Waals surface area contributed by atoms with Gasteiger partial charge in [0.05, 0.1) is 0 Å². The predicted molar refractivity (Wildman–Crippen MR) is 120 cm³/mol. The molecule has 0 saturated carbocycles. The van der Waals surface area contributed by atoms with E-state index in [-0.39, 0.29) is 5.92 Å². The van der Waals surface area contributed by atoms with E-state index in [0.717, 1.165) is 70.1 Å². The fourth-order valence-corrected chi connectivity index (χ4v) is 4.52. The highest BCUT2D eigenvalue weighted by molar-refractivity contribution is 5.79. The van der Waals surface area contributed by atoms with Crippen molar-refractivity contribution in [1.82, 2.24) is 9.80 Å². The van der Waals surface area contributed by atoms with Gasteiger partial charge in [0.1, 0.15) is 12.4 Å². The lowest BCUT2D eigenvalue weighted by Gasteiger charge is -2.36. The average molecular weight is 407 g/mol. The van der Waals surface area contributed by atoms with E-state index in [4.69, 9.17) is 4.74 Å². The molecule has 0 aromatic heterocycles. The molecule has 0 radical (unpaired) electrons. The van der Waals surface area contributed by atoms with Crippen LogP contribution in [0.3, 0.4) is 0 Å². The smallest absolute Gasteiger partial charge is 0.225 e. The van der Waals surface area contributed by atoms with E-state index in [1.807, 2.05) is 18.2 Å². The molecule has 2 aromatic carbocycles. The number of benzene rings is 2. The summed E-state index contributed by atoms with van der Waals surface area (Å²) < 4.78 is 5.89. The quantitative estimate of drug-likeness (QED) is 0.695. The molecule has 0 unspecified atom stereocenters. The fourth-order valence-electron chi connectivity index (χ4n) is 4.52. The first-order valence-electron chi connectivity index (χ1n) is 11.4. The monoisotopic (exact) mass is 406 g/mol. The van der Waals surface area contributed by atoms with Crippen molar-refractivity contribution in [2.45, 2.75) is 45.8 Å². The van der Waals surface area contributed by atoms with E-state index in [0.29, 0.717) is 12.5 Å². The SMILES string of the molecule is CC1CCN(C(=O)C2CCN(Cc3ccc(OCc4ccccc4)cc3)CC2)CC1. The molecule has 0 N–H and O–H groups in total. The summed E-state index contributed by atoms with van der Waals surface area (Å²) in [5.41, 5.74) is 2.48. The third kappa shape index (κ3) is 5.63. The van der Waals surface area contributed by atoms with Gasteiger partial charge in [-0.1, -0.05) is 49.4 Å². The predicted octanol–water partition coefficient (Wildman–Crippen LogP) is 4.74. The van der Waals surface area contributed by atoms with Crippen molar-refractivity contribution in [2.75, 3.05) is 26.2 Å². The van der Waals surface area contributed by atoms with Crippen molar-refractivity contribution >= 4 is 5.91 Å². The minimum atomic E-state index is 0.225. The molecule has 2 heterocycles. The molecule has 2 aliphatic heterocycles. The van der Waals surface area contributed by atoms with Crippen molar-refractivity contribution < 1.29 is 9.53 Å². The van der Waals surface area contributed by atoms with Crippen LogP contribution in [0.1, 0.15) is 43.7 Å². The number of rotatable bonds is 6. The molecule has 4 heteroatoms. The van der Waals surface area contributed by atoms with Crippen LogP contribution in [0.4, 0.5) is 0 Å². The lowest BCUT2D eigenvalue weighted by atomic mass is 9.92. The first kappa shape index (κ1) is 20.9. The van der Waals surface area contributed by atoms with Crippen molar-refractivity contribution in [2.24, 2.45) is 11.8 Å². The zero-order valence-corrected chi connectivity index (χ0v) is 18.1. The summed E-state index contributed by atoms with van der Waals surface area (Å²) in [6, 6.07) is 18.7. The van der Waals surface area contributed by atoms with E-state index in [1.54, 1.807) is 0 Å². The Bertz CT molecular complexity index is 790. The molecule has 0 spiro atoms. The number of carbonyl (C=O) groups excluding carboxylic acids is 1. The maximum atomic E-state index is 12.8. The molecule has 2 aliphatic rings. The largest absolute Gasteiger partial charge is 0.489 e. The summed E-state index contributed by atoms with van der Waals surface area (Å²) in [5, 5.41) is 0. The summed E-state index contributed by atoms with van der Waals surface area (Å²) >= 11 is 0. The molecule has 0 atom stereocenters. The Balaban J connectivity index is 1.20. The van der Waals surface area contributed by atoms with Gasteiger partial charge in [-0.15, -0.1) is 0 Å². The van der Waals surface area contributed by atoms with Gasteiger partial charge >= 0.3 is 0 Å². The number of hydrogen-bond acceptors (Lipinski definition) is 3. The normalized spacial score (nSPS) is 19.0.